The van der Waals surface area contributed by atoms with Gasteiger partial charge in [-0.05, 0) is 68.7 Å². The van der Waals surface area contributed by atoms with Crippen molar-refractivity contribution in [3.63, 3.8) is 0 Å². The Morgan fingerprint density at radius 1 is 1.10 bits per heavy atom. The first-order chi connectivity index (χ1) is 14.7. The van der Waals surface area contributed by atoms with Gasteiger partial charge in [0.25, 0.3) is 0 Å². The lowest BCUT2D eigenvalue weighted by atomic mass is 10.0. The van der Waals surface area contributed by atoms with Crippen LogP contribution in [0.15, 0.2) is 47.4 Å². The van der Waals surface area contributed by atoms with Crippen molar-refractivity contribution < 1.29 is 18.0 Å². The summed E-state index contributed by atoms with van der Waals surface area (Å²) < 4.78 is 28.4. The number of nitrogens with zero attached hydrogens (tertiary/aromatic N) is 1. The molecule has 0 bridgehead atoms. The molecule has 0 unspecified atom stereocenters. The van der Waals surface area contributed by atoms with E-state index in [1.807, 2.05) is 13.8 Å². The van der Waals surface area contributed by atoms with E-state index < -0.39 is 16.1 Å². The molecule has 8 nitrogen and oxygen atoms in total. The fraction of sp³-hybridized carbons (Fsp3) is 0.364. The third-order valence-corrected chi connectivity index (χ3v) is 6.87. The summed E-state index contributed by atoms with van der Waals surface area (Å²) in [5, 5.41) is 5.59. The van der Waals surface area contributed by atoms with Crippen molar-refractivity contribution in [2.45, 2.75) is 44.6 Å². The van der Waals surface area contributed by atoms with Crippen LogP contribution in [0.4, 0.5) is 16.2 Å². The topological polar surface area (TPSA) is 108 Å². The summed E-state index contributed by atoms with van der Waals surface area (Å²) in [5.74, 6) is -0.0633. The lowest BCUT2D eigenvalue weighted by molar-refractivity contribution is -0.116. The maximum Gasteiger partial charge on any atom is 0.321 e. The van der Waals surface area contributed by atoms with E-state index >= 15 is 0 Å². The van der Waals surface area contributed by atoms with Gasteiger partial charge in [-0.2, -0.15) is 0 Å². The minimum atomic E-state index is -3.74. The Balaban J connectivity index is 1.68. The van der Waals surface area contributed by atoms with Crippen molar-refractivity contribution in [2.75, 3.05) is 23.7 Å². The highest BCUT2D eigenvalue weighted by atomic mass is 32.2. The monoisotopic (exact) mass is 444 g/mol. The van der Waals surface area contributed by atoms with Crippen molar-refractivity contribution in [3.05, 3.63) is 53.6 Å². The lowest BCUT2D eigenvalue weighted by Gasteiger charge is -2.20. The van der Waals surface area contributed by atoms with Gasteiger partial charge in [0.2, 0.25) is 15.9 Å². The van der Waals surface area contributed by atoms with E-state index in [1.54, 1.807) is 48.2 Å². The molecule has 9 heteroatoms. The van der Waals surface area contributed by atoms with Gasteiger partial charge in [-0.25, -0.2) is 17.9 Å². The summed E-state index contributed by atoms with van der Waals surface area (Å²) in [6.45, 7) is 6.83. The molecule has 2 aromatic rings. The second-order valence-electron chi connectivity index (χ2n) is 7.43. The zero-order valence-corrected chi connectivity index (χ0v) is 18.8. The molecule has 3 amide bonds. The number of carbonyl (C=O) groups is 2. The number of aryl methyl sites for hydroxylation is 1. The van der Waals surface area contributed by atoms with Gasteiger partial charge in [-0.15, -0.1) is 0 Å². The van der Waals surface area contributed by atoms with E-state index in [1.165, 1.54) is 6.07 Å². The van der Waals surface area contributed by atoms with E-state index in [4.69, 9.17) is 0 Å². The molecule has 3 N–H and O–H groups in total. The van der Waals surface area contributed by atoms with Crippen LogP contribution in [0.2, 0.25) is 0 Å². The first kappa shape index (κ1) is 22.8. The van der Waals surface area contributed by atoms with Crippen molar-refractivity contribution >= 4 is 33.3 Å². The Kier molecular flexibility index (Phi) is 6.97. The second kappa shape index (κ2) is 9.49. The molecule has 0 spiro atoms. The van der Waals surface area contributed by atoms with Gasteiger partial charge in [-0.3, -0.25) is 4.79 Å². The summed E-state index contributed by atoms with van der Waals surface area (Å²) in [6, 6.07) is 11.2. The SMILES string of the molecule is CCN(CC)C(=O)Nc1ccc([C@@H](C)NS(=O)(=O)c2ccc3c(c2)CCC(=O)N3)cc1. The van der Waals surface area contributed by atoms with Crippen molar-refractivity contribution in [3.8, 4) is 0 Å². The number of anilines is 2. The highest BCUT2D eigenvalue weighted by molar-refractivity contribution is 7.89. The maximum absolute atomic E-state index is 12.9. The summed E-state index contributed by atoms with van der Waals surface area (Å²) in [7, 11) is -3.74. The van der Waals surface area contributed by atoms with Crippen LogP contribution in [0.3, 0.4) is 0 Å². The number of fused-ring (bicyclic) bond motifs is 1. The molecule has 1 aliphatic heterocycles. The summed E-state index contributed by atoms with van der Waals surface area (Å²) >= 11 is 0. The molecule has 0 fully saturated rings. The Hall–Kier alpha value is -2.91. The Morgan fingerprint density at radius 2 is 1.77 bits per heavy atom. The van der Waals surface area contributed by atoms with Gasteiger partial charge >= 0.3 is 6.03 Å². The number of benzene rings is 2. The van der Waals surface area contributed by atoms with Crippen molar-refractivity contribution in [1.82, 2.24) is 9.62 Å². The van der Waals surface area contributed by atoms with E-state index in [2.05, 4.69) is 15.4 Å². The van der Waals surface area contributed by atoms with E-state index in [-0.39, 0.29) is 16.8 Å². The summed E-state index contributed by atoms with van der Waals surface area (Å²) in [4.78, 5) is 25.5. The van der Waals surface area contributed by atoms with Crippen molar-refractivity contribution in [2.24, 2.45) is 0 Å². The molecular formula is C22H28N4O4S. The average molecular weight is 445 g/mol. The molecule has 1 heterocycles. The van der Waals surface area contributed by atoms with Crippen LogP contribution >= 0.6 is 0 Å². The highest BCUT2D eigenvalue weighted by Gasteiger charge is 2.22. The van der Waals surface area contributed by atoms with Crippen LogP contribution in [0, 0.1) is 0 Å². The maximum atomic E-state index is 12.9. The number of nitrogens with one attached hydrogen (secondary N) is 3. The number of hydrogen-bond acceptors (Lipinski definition) is 4. The average Bonchev–Trinajstić information content (AvgIpc) is 2.74. The number of amides is 3. The number of carbonyl (C=O) groups excluding carboxylic acids is 2. The molecule has 166 valence electrons. The number of sulfonamides is 1. The largest absolute Gasteiger partial charge is 0.326 e. The Morgan fingerprint density at radius 3 is 2.42 bits per heavy atom. The molecule has 3 rings (SSSR count). The molecule has 0 radical (unpaired) electrons. The van der Waals surface area contributed by atoms with Crippen LogP contribution in [-0.4, -0.2) is 38.3 Å². The van der Waals surface area contributed by atoms with E-state index in [0.29, 0.717) is 37.3 Å². The third kappa shape index (κ3) is 5.42. The standard InChI is InChI=1S/C22H28N4O4S/c1-4-26(5-2)22(28)23-18-9-6-16(7-10-18)15(3)25-31(29,30)19-11-12-20-17(14-19)8-13-21(27)24-20/h6-7,9-12,14-15,25H,4-5,8,13H2,1-3H3,(H,23,28)(H,24,27)/t15-/m1/s1. The molecule has 1 atom stereocenters. The zero-order valence-electron chi connectivity index (χ0n) is 17.9. The predicted octanol–water partition coefficient (Wildman–Crippen LogP) is 3.48. The number of rotatable bonds is 7. The molecule has 1 aliphatic rings. The van der Waals surface area contributed by atoms with Crippen LogP contribution in [0.1, 0.15) is 44.4 Å². The Labute approximate surface area is 183 Å². The van der Waals surface area contributed by atoms with E-state index in [9.17, 15) is 18.0 Å². The number of hydrogen-bond donors (Lipinski definition) is 3. The van der Waals surface area contributed by atoms with Crippen molar-refractivity contribution in [1.29, 1.82) is 0 Å². The second-order valence-corrected chi connectivity index (χ2v) is 9.15. The van der Waals surface area contributed by atoms with Crippen LogP contribution in [-0.2, 0) is 21.2 Å². The van der Waals surface area contributed by atoms with Gasteiger partial charge in [0, 0.05) is 36.9 Å². The van der Waals surface area contributed by atoms with Crippen LogP contribution < -0.4 is 15.4 Å². The first-order valence-corrected chi connectivity index (χ1v) is 11.8. The van der Waals surface area contributed by atoms with E-state index in [0.717, 1.165) is 11.1 Å². The predicted molar refractivity (Wildman–Crippen MR) is 121 cm³/mol. The smallest absolute Gasteiger partial charge is 0.321 e. The molecular weight excluding hydrogens is 416 g/mol. The van der Waals surface area contributed by atoms with Gasteiger partial charge in [0.15, 0.2) is 0 Å². The van der Waals surface area contributed by atoms with Gasteiger partial charge in [-0.1, -0.05) is 12.1 Å². The quantitative estimate of drug-likeness (QED) is 0.608. The molecule has 0 aliphatic carbocycles. The molecule has 0 saturated heterocycles. The number of urea groups is 1. The lowest BCUT2D eigenvalue weighted by Crippen LogP contribution is -2.34. The molecule has 0 saturated carbocycles. The Bertz CT molecular complexity index is 1060. The molecule has 0 aromatic heterocycles. The van der Waals surface area contributed by atoms with Crippen LogP contribution in [0.5, 0.6) is 0 Å². The summed E-state index contributed by atoms with van der Waals surface area (Å²) in [5.41, 5.74) is 2.89. The fourth-order valence-corrected chi connectivity index (χ4v) is 4.75. The normalized spacial score (nSPS) is 14.4. The third-order valence-electron chi connectivity index (χ3n) is 5.33. The van der Waals surface area contributed by atoms with Gasteiger partial charge in [0.1, 0.15) is 0 Å². The molecule has 2 aromatic carbocycles. The first-order valence-electron chi connectivity index (χ1n) is 10.3. The van der Waals surface area contributed by atoms with Crippen LogP contribution in [0.25, 0.3) is 0 Å². The summed E-state index contributed by atoms with van der Waals surface area (Å²) in [6.07, 6.45) is 0.859. The fourth-order valence-electron chi connectivity index (χ4n) is 3.46. The minimum absolute atomic E-state index is 0.0633. The van der Waals surface area contributed by atoms with Gasteiger partial charge < -0.3 is 15.5 Å². The van der Waals surface area contributed by atoms with Gasteiger partial charge in [0.05, 0.1) is 4.90 Å². The highest BCUT2D eigenvalue weighted by Crippen LogP contribution is 2.26. The molecule has 31 heavy (non-hydrogen) atoms. The zero-order chi connectivity index (χ0) is 22.6. The minimum Gasteiger partial charge on any atom is -0.326 e.